The number of nitrogens with one attached hydrogen (secondary N) is 4. The highest BCUT2D eigenvalue weighted by Gasteiger charge is 2.37. The van der Waals surface area contributed by atoms with E-state index in [0.29, 0.717) is 24.4 Å². The normalized spacial score (nSPS) is 18.2. The third-order valence-electron chi connectivity index (χ3n) is 7.17. The first-order chi connectivity index (χ1) is 18.6. The summed E-state index contributed by atoms with van der Waals surface area (Å²) in [6.07, 6.45) is 5.83. The van der Waals surface area contributed by atoms with E-state index in [9.17, 15) is 4.79 Å². The second-order valence-corrected chi connectivity index (χ2v) is 10.5. The molecule has 0 unspecified atom stereocenters. The van der Waals surface area contributed by atoms with Gasteiger partial charge in [-0.2, -0.15) is 5.10 Å². The molecule has 194 valence electrons. The molecular weight excluding hydrogens is 546 g/mol. The quantitative estimate of drug-likeness (QED) is 0.267. The van der Waals surface area contributed by atoms with E-state index in [1.165, 1.54) is 0 Å². The first-order valence-corrected chi connectivity index (χ1v) is 13.5. The first-order valence-electron chi connectivity index (χ1n) is 12.8. The summed E-state index contributed by atoms with van der Waals surface area (Å²) in [6.45, 7) is 2.24. The molecule has 2 aromatic heterocycles. The van der Waals surface area contributed by atoms with Crippen LogP contribution in [0.4, 0.5) is 5.69 Å². The number of anilines is 1. The average molecular weight is 574 g/mol. The molecule has 0 spiro atoms. The molecule has 0 saturated carbocycles. The molecule has 2 aliphatic heterocycles. The molecule has 1 atom stereocenters. The van der Waals surface area contributed by atoms with E-state index < -0.39 is 5.54 Å². The monoisotopic (exact) mass is 573 g/mol. The molecule has 4 N–H and O–H groups in total. The Labute approximate surface area is 229 Å². The van der Waals surface area contributed by atoms with E-state index in [2.05, 4.69) is 47.1 Å². The highest BCUT2D eigenvalue weighted by molar-refractivity contribution is 9.10. The Hall–Kier alpha value is -3.76. The minimum Gasteiger partial charge on any atom is -0.492 e. The number of H-pyrrole nitrogens is 1. The highest BCUT2D eigenvalue weighted by atomic mass is 79.9. The Morgan fingerprint density at radius 3 is 2.74 bits per heavy atom. The third-order valence-corrected chi connectivity index (χ3v) is 7.80. The maximum atomic E-state index is 13.3. The smallest absolute Gasteiger partial charge is 0.251 e. The van der Waals surface area contributed by atoms with E-state index in [0.717, 1.165) is 58.8 Å². The zero-order valence-electron chi connectivity index (χ0n) is 20.7. The van der Waals surface area contributed by atoms with Gasteiger partial charge in [0, 0.05) is 41.2 Å². The number of aromatic nitrogens is 4. The summed E-state index contributed by atoms with van der Waals surface area (Å²) in [5, 5.41) is 18.0. The van der Waals surface area contributed by atoms with Crippen LogP contribution in [0.25, 0.3) is 11.4 Å². The number of fused-ring (bicyclic) bond motifs is 1. The number of hydrogen-bond donors (Lipinski definition) is 4. The summed E-state index contributed by atoms with van der Waals surface area (Å²) in [6, 6.07) is 17.2. The first kappa shape index (κ1) is 24.6. The number of carbonyl (C=O) groups excluding carboxylic acids is 1. The lowest BCUT2D eigenvalue weighted by molar-refractivity contribution is 0.0924. The van der Waals surface area contributed by atoms with Crippen molar-refractivity contribution in [2.24, 2.45) is 0 Å². The minimum absolute atomic E-state index is 0.114. The highest BCUT2D eigenvalue weighted by Crippen LogP contribution is 2.38. The number of nitrogens with zero attached hydrogens (tertiary/aromatic N) is 3. The van der Waals surface area contributed by atoms with E-state index in [-0.39, 0.29) is 11.9 Å². The van der Waals surface area contributed by atoms with Crippen LogP contribution < -0.4 is 20.7 Å². The molecule has 1 amide bonds. The summed E-state index contributed by atoms with van der Waals surface area (Å²) in [5.41, 5.74) is 2.91. The van der Waals surface area contributed by atoms with Gasteiger partial charge < -0.3 is 20.7 Å². The number of benzene rings is 2. The Morgan fingerprint density at radius 2 is 1.89 bits per heavy atom. The van der Waals surface area contributed by atoms with Crippen molar-refractivity contribution < 1.29 is 9.53 Å². The molecular formula is C28H28BrN7O2. The van der Waals surface area contributed by atoms with E-state index in [1.54, 1.807) is 12.4 Å². The molecule has 10 heteroatoms. The molecule has 0 aliphatic carbocycles. The fourth-order valence-corrected chi connectivity index (χ4v) is 5.67. The van der Waals surface area contributed by atoms with Gasteiger partial charge in [-0.3, -0.25) is 14.9 Å². The van der Waals surface area contributed by atoms with Gasteiger partial charge in [-0.1, -0.05) is 18.2 Å². The topological polar surface area (TPSA) is 117 Å². The van der Waals surface area contributed by atoms with Gasteiger partial charge in [-0.15, -0.1) is 0 Å². The van der Waals surface area contributed by atoms with Crippen LogP contribution in [-0.4, -0.2) is 45.8 Å². The van der Waals surface area contributed by atoms with Crippen LogP contribution in [0.3, 0.4) is 0 Å². The lowest BCUT2D eigenvalue weighted by atomic mass is 9.87. The van der Waals surface area contributed by atoms with Crippen molar-refractivity contribution in [1.29, 1.82) is 0 Å². The molecule has 6 rings (SSSR count). The van der Waals surface area contributed by atoms with Gasteiger partial charge in [-0.05, 0) is 78.3 Å². The molecule has 9 nitrogen and oxygen atoms in total. The Bertz CT molecular complexity index is 1440. The number of piperidine rings is 1. The van der Waals surface area contributed by atoms with Crippen LogP contribution in [-0.2, 0) is 5.54 Å². The Kier molecular flexibility index (Phi) is 6.82. The lowest BCUT2D eigenvalue weighted by Gasteiger charge is -2.37. The zero-order valence-corrected chi connectivity index (χ0v) is 22.3. The largest absolute Gasteiger partial charge is 0.492 e. The van der Waals surface area contributed by atoms with Crippen molar-refractivity contribution in [2.75, 3.05) is 25.0 Å². The molecule has 0 radical (unpaired) electrons. The number of amides is 1. The van der Waals surface area contributed by atoms with Crippen molar-refractivity contribution in [3.63, 3.8) is 0 Å². The fraction of sp³-hybridized carbons (Fsp3) is 0.286. The molecule has 2 aliphatic rings. The van der Waals surface area contributed by atoms with Crippen LogP contribution in [0.5, 0.6) is 5.75 Å². The van der Waals surface area contributed by atoms with Gasteiger partial charge in [-0.25, -0.2) is 4.98 Å². The third kappa shape index (κ3) is 4.89. The number of rotatable bonds is 6. The summed E-state index contributed by atoms with van der Waals surface area (Å²) < 4.78 is 6.72. The van der Waals surface area contributed by atoms with Gasteiger partial charge in [0.2, 0.25) is 0 Å². The average Bonchev–Trinajstić information content (AvgIpc) is 3.46. The number of halogens is 1. The van der Waals surface area contributed by atoms with Crippen LogP contribution in [0.1, 0.15) is 47.1 Å². The van der Waals surface area contributed by atoms with Gasteiger partial charge in [0.05, 0.1) is 22.7 Å². The minimum atomic E-state index is -0.440. The maximum Gasteiger partial charge on any atom is 0.251 e. The molecule has 0 bridgehead atoms. The molecule has 38 heavy (non-hydrogen) atoms. The summed E-state index contributed by atoms with van der Waals surface area (Å²) in [5.74, 6) is 2.10. The molecule has 4 heterocycles. The Morgan fingerprint density at radius 1 is 1.08 bits per heavy atom. The van der Waals surface area contributed by atoms with E-state index in [4.69, 9.17) is 9.72 Å². The zero-order chi connectivity index (χ0) is 26.0. The van der Waals surface area contributed by atoms with Gasteiger partial charge >= 0.3 is 0 Å². The SMILES string of the molecule is O=C(N[C@@H]1CCOc2c(Br)cccc21)c1cccc(NC2(c3nc(-c4ccncc4)n[nH]3)CCNCC2)c1. The van der Waals surface area contributed by atoms with Crippen LogP contribution in [0.2, 0.25) is 0 Å². The lowest BCUT2D eigenvalue weighted by Crippen LogP contribution is -2.46. The van der Waals surface area contributed by atoms with Crippen molar-refractivity contribution in [3.05, 3.63) is 88.4 Å². The number of carbonyl (C=O) groups is 1. The number of aromatic amines is 1. The van der Waals surface area contributed by atoms with Crippen LogP contribution in [0, 0.1) is 0 Å². The molecule has 4 aromatic rings. The van der Waals surface area contributed by atoms with Crippen LogP contribution in [0.15, 0.2) is 71.5 Å². The van der Waals surface area contributed by atoms with Gasteiger partial charge in [0.15, 0.2) is 11.6 Å². The van der Waals surface area contributed by atoms with Gasteiger partial charge in [0.25, 0.3) is 5.91 Å². The van der Waals surface area contributed by atoms with Crippen molar-refractivity contribution >= 4 is 27.5 Å². The maximum absolute atomic E-state index is 13.3. The van der Waals surface area contributed by atoms with Crippen molar-refractivity contribution in [1.82, 2.24) is 30.8 Å². The molecule has 1 saturated heterocycles. The second kappa shape index (κ2) is 10.5. The fourth-order valence-electron chi connectivity index (χ4n) is 5.17. The molecule has 1 fully saturated rings. The summed E-state index contributed by atoms with van der Waals surface area (Å²) >= 11 is 3.55. The van der Waals surface area contributed by atoms with Gasteiger partial charge in [0.1, 0.15) is 5.75 Å². The number of ether oxygens (including phenoxy) is 1. The predicted molar refractivity (Wildman–Crippen MR) is 148 cm³/mol. The van der Waals surface area contributed by atoms with Crippen LogP contribution >= 0.6 is 15.9 Å². The number of pyridine rings is 1. The summed E-state index contributed by atoms with van der Waals surface area (Å²) in [4.78, 5) is 22.3. The van der Waals surface area contributed by atoms with Crippen molar-refractivity contribution in [3.8, 4) is 17.1 Å². The summed E-state index contributed by atoms with van der Waals surface area (Å²) in [7, 11) is 0. The number of para-hydroxylation sites is 1. The second-order valence-electron chi connectivity index (χ2n) is 9.60. The standard InChI is InChI=1S/C28H28BrN7O2/c29-22-6-2-5-21-23(9-16-38-24(21)22)32-26(37)19-3-1-4-20(17-19)34-28(10-14-31-15-11-28)27-33-25(35-36-27)18-7-12-30-13-8-18/h1-8,12-13,17,23,31,34H,9-11,14-16H2,(H,32,37)(H,33,35,36)/t23-/m1/s1. The Balaban J connectivity index is 1.23. The predicted octanol–water partition coefficient (Wildman–Crippen LogP) is 4.57. The molecule has 2 aromatic carbocycles. The van der Waals surface area contributed by atoms with E-state index >= 15 is 0 Å². The number of hydrogen-bond acceptors (Lipinski definition) is 7. The van der Waals surface area contributed by atoms with E-state index in [1.807, 2.05) is 54.6 Å². The van der Waals surface area contributed by atoms with Crippen molar-refractivity contribution in [2.45, 2.75) is 30.8 Å².